The molecule has 0 aromatic heterocycles. The Hall–Kier alpha value is -1.52. The van der Waals surface area contributed by atoms with Crippen LogP contribution >= 0.6 is 23.2 Å². The van der Waals surface area contributed by atoms with Crippen molar-refractivity contribution < 1.29 is 9.59 Å². The van der Waals surface area contributed by atoms with Gasteiger partial charge in [-0.25, -0.2) is 0 Å². The van der Waals surface area contributed by atoms with E-state index in [9.17, 15) is 9.59 Å². The van der Waals surface area contributed by atoms with Crippen LogP contribution in [-0.4, -0.2) is 40.7 Å². The molecule has 2 aliphatic rings. The average molecular weight is 381 g/mol. The zero-order chi connectivity index (χ0) is 18.3. The highest BCUT2D eigenvalue weighted by atomic mass is 35.5. The Kier molecular flexibility index (Phi) is 5.12. The lowest BCUT2D eigenvalue weighted by atomic mass is 9.97. The number of halogens is 2. The van der Waals surface area contributed by atoms with E-state index in [1.165, 1.54) is 4.90 Å². The van der Waals surface area contributed by atoms with Crippen molar-refractivity contribution >= 4 is 40.6 Å². The van der Waals surface area contributed by atoms with Gasteiger partial charge in [0.2, 0.25) is 0 Å². The number of rotatable bonds is 3. The molecule has 1 aromatic rings. The van der Waals surface area contributed by atoms with Gasteiger partial charge in [0.1, 0.15) is 5.70 Å². The highest BCUT2D eigenvalue weighted by molar-refractivity contribution is 6.41. The second-order valence-electron chi connectivity index (χ2n) is 7.09. The van der Waals surface area contributed by atoms with Crippen LogP contribution in [0.15, 0.2) is 23.9 Å². The number of likely N-dealkylation sites (tertiary alicyclic amines) is 1. The quantitative estimate of drug-likeness (QED) is 0.737. The minimum absolute atomic E-state index is 0.206. The minimum atomic E-state index is -0.280. The topological polar surface area (TPSA) is 40.6 Å². The molecule has 4 nitrogen and oxygen atoms in total. The smallest absolute Gasteiger partial charge is 0.278 e. The number of nitrogens with zero attached hydrogens (tertiary/aromatic N) is 2. The first-order valence-electron chi connectivity index (χ1n) is 8.63. The molecule has 0 N–H and O–H groups in total. The molecule has 1 fully saturated rings. The molecule has 1 saturated heterocycles. The van der Waals surface area contributed by atoms with Gasteiger partial charge in [0.05, 0.1) is 10.6 Å². The Bertz CT molecular complexity index is 750. The van der Waals surface area contributed by atoms with Crippen LogP contribution < -0.4 is 0 Å². The molecule has 25 heavy (non-hydrogen) atoms. The van der Waals surface area contributed by atoms with Crippen molar-refractivity contribution in [1.82, 2.24) is 9.80 Å². The number of hydrogen-bond acceptors (Lipinski definition) is 3. The van der Waals surface area contributed by atoms with Crippen molar-refractivity contribution in [1.29, 1.82) is 0 Å². The number of carbonyl (C=O) groups is 2. The van der Waals surface area contributed by atoms with Crippen molar-refractivity contribution in [3.63, 3.8) is 0 Å². The van der Waals surface area contributed by atoms with Gasteiger partial charge in [-0.3, -0.25) is 14.5 Å². The van der Waals surface area contributed by atoms with Gasteiger partial charge in [0.25, 0.3) is 11.8 Å². The van der Waals surface area contributed by atoms with Gasteiger partial charge < -0.3 is 4.90 Å². The molecule has 1 aromatic carbocycles. The molecule has 0 spiro atoms. The average Bonchev–Trinajstić information content (AvgIpc) is 2.79. The van der Waals surface area contributed by atoms with E-state index in [2.05, 4.69) is 6.92 Å². The first kappa shape index (κ1) is 18.3. The van der Waals surface area contributed by atoms with E-state index in [0.717, 1.165) is 25.9 Å². The van der Waals surface area contributed by atoms with Crippen molar-refractivity contribution in [3.8, 4) is 0 Å². The molecular formula is C19H22Cl2N2O2. The summed E-state index contributed by atoms with van der Waals surface area (Å²) >= 11 is 12.4. The zero-order valence-electron chi connectivity index (χ0n) is 14.7. The lowest BCUT2D eigenvalue weighted by Crippen LogP contribution is -2.41. The van der Waals surface area contributed by atoms with Gasteiger partial charge in [0.15, 0.2) is 0 Å². The number of hydrogen-bond donors (Lipinski definition) is 0. The summed E-state index contributed by atoms with van der Waals surface area (Å²) in [6.07, 6.45) is 2.02. The Morgan fingerprint density at radius 3 is 2.28 bits per heavy atom. The van der Waals surface area contributed by atoms with Crippen molar-refractivity contribution in [2.45, 2.75) is 39.7 Å². The van der Waals surface area contributed by atoms with Gasteiger partial charge in [-0.2, -0.15) is 0 Å². The summed E-state index contributed by atoms with van der Waals surface area (Å²) in [5.74, 6) is 0.126. The molecular weight excluding hydrogens is 359 g/mol. The van der Waals surface area contributed by atoms with E-state index in [4.69, 9.17) is 23.2 Å². The molecule has 134 valence electrons. The second-order valence-corrected chi connectivity index (χ2v) is 7.94. The van der Waals surface area contributed by atoms with Crippen LogP contribution in [-0.2, 0) is 9.59 Å². The summed E-state index contributed by atoms with van der Waals surface area (Å²) < 4.78 is 0. The van der Waals surface area contributed by atoms with Crippen molar-refractivity contribution in [2.75, 3.05) is 13.1 Å². The third kappa shape index (κ3) is 3.30. The Morgan fingerprint density at radius 1 is 1.08 bits per heavy atom. The van der Waals surface area contributed by atoms with Crippen LogP contribution in [0, 0.1) is 5.92 Å². The Labute approximate surface area is 158 Å². The van der Waals surface area contributed by atoms with Crippen LogP contribution in [0.25, 0.3) is 5.57 Å². The Morgan fingerprint density at radius 2 is 1.72 bits per heavy atom. The summed E-state index contributed by atoms with van der Waals surface area (Å²) in [5, 5.41) is 0.886. The lowest BCUT2D eigenvalue weighted by Gasteiger charge is -2.33. The van der Waals surface area contributed by atoms with Crippen LogP contribution in [0.1, 0.15) is 39.2 Å². The van der Waals surface area contributed by atoms with Crippen molar-refractivity contribution in [3.05, 3.63) is 39.5 Å². The summed E-state index contributed by atoms with van der Waals surface area (Å²) in [6, 6.07) is 4.82. The molecule has 2 amide bonds. The van der Waals surface area contributed by atoms with E-state index < -0.39 is 0 Å². The Balaban J connectivity index is 2.12. The fourth-order valence-corrected chi connectivity index (χ4v) is 3.97. The van der Waals surface area contributed by atoms with Gasteiger partial charge >= 0.3 is 0 Å². The maximum absolute atomic E-state index is 13.0. The summed E-state index contributed by atoms with van der Waals surface area (Å²) in [6.45, 7) is 7.45. The summed E-state index contributed by atoms with van der Waals surface area (Å²) in [4.78, 5) is 29.4. The van der Waals surface area contributed by atoms with Gasteiger partial charge in [-0.1, -0.05) is 36.2 Å². The van der Waals surface area contributed by atoms with Crippen molar-refractivity contribution in [2.24, 2.45) is 5.92 Å². The summed E-state index contributed by atoms with van der Waals surface area (Å²) in [7, 11) is 0. The van der Waals surface area contributed by atoms with Gasteiger partial charge in [-0.15, -0.1) is 0 Å². The van der Waals surface area contributed by atoms with Crippen LogP contribution in [0.5, 0.6) is 0 Å². The molecule has 6 heteroatoms. The minimum Gasteiger partial charge on any atom is -0.366 e. The third-order valence-corrected chi connectivity index (χ3v) is 5.46. The predicted molar refractivity (Wildman–Crippen MR) is 100 cm³/mol. The standard InChI is InChI=1S/C19H22Cl2N2O2/c1-11(2)23-18(24)16(14-5-4-13(20)10-15(14)21)17(19(23)25)22-8-6-12(3)7-9-22/h4-5,10-12H,6-9H2,1-3H3. The second kappa shape index (κ2) is 7.00. The van der Waals surface area contributed by atoms with Crippen LogP contribution in [0.4, 0.5) is 0 Å². The highest BCUT2D eigenvalue weighted by Gasteiger charge is 2.43. The normalized spacial score (nSPS) is 19.6. The molecule has 0 atom stereocenters. The van der Waals surface area contributed by atoms with E-state index in [1.54, 1.807) is 18.2 Å². The maximum atomic E-state index is 13.0. The fraction of sp³-hybridized carbons (Fsp3) is 0.474. The molecule has 2 heterocycles. The number of piperidine rings is 1. The van der Waals surface area contributed by atoms with Gasteiger partial charge in [-0.05, 0) is 44.7 Å². The predicted octanol–water partition coefficient (Wildman–Crippen LogP) is 4.21. The van der Waals surface area contributed by atoms with E-state index in [-0.39, 0.29) is 17.9 Å². The molecule has 0 radical (unpaired) electrons. The SMILES string of the molecule is CC1CCN(C2=C(c3ccc(Cl)cc3Cl)C(=O)N(C(C)C)C2=O)CC1. The third-order valence-electron chi connectivity index (χ3n) is 4.91. The zero-order valence-corrected chi connectivity index (χ0v) is 16.2. The number of imide groups is 1. The molecule has 3 rings (SSSR count). The molecule has 2 aliphatic heterocycles. The number of benzene rings is 1. The number of carbonyl (C=O) groups excluding carboxylic acids is 2. The van der Waals surface area contributed by atoms with Crippen LogP contribution in [0.3, 0.4) is 0 Å². The van der Waals surface area contributed by atoms with Gasteiger partial charge in [0, 0.05) is 29.7 Å². The van der Waals surface area contributed by atoms with E-state index in [0.29, 0.717) is 32.8 Å². The van der Waals surface area contributed by atoms with Crippen LogP contribution in [0.2, 0.25) is 10.0 Å². The largest absolute Gasteiger partial charge is 0.366 e. The molecule has 0 saturated carbocycles. The summed E-state index contributed by atoms with van der Waals surface area (Å²) in [5.41, 5.74) is 1.45. The van der Waals surface area contributed by atoms with E-state index >= 15 is 0 Å². The molecule has 0 unspecified atom stereocenters. The monoisotopic (exact) mass is 380 g/mol. The first-order chi connectivity index (χ1) is 11.8. The first-order valence-corrected chi connectivity index (χ1v) is 9.39. The van der Waals surface area contributed by atoms with E-state index in [1.807, 2.05) is 18.7 Å². The number of amides is 2. The lowest BCUT2D eigenvalue weighted by molar-refractivity contribution is -0.139. The molecule has 0 bridgehead atoms. The maximum Gasteiger partial charge on any atom is 0.278 e. The fourth-order valence-electron chi connectivity index (χ4n) is 3.46. The molecule has 0 aliphatic carbocycles. The highest BCUT2D eigenvalue weighted by Crippen LogP contribution is 2.38.